The fourth-order valence-electron chi connectivity index (χ4n) is 2.33. The van der Waals surface area contributed by atoms with Crippen molar-refractivity contribution in [2.45, 2.75) is 41.0 Å². The van der Waals surface area contributed by atoms with Crippen molar-refractivity contribution in [1.82, 2.24) is 0 Å². The number of hydrogen-bond acceptors (Lipinski definition) is 1. The molecule has 0 aliphatic heterocycles. The molecule has 0 radical (unpaired) electrons. The summed E-state index contributed by atoms with van der Waals surface area (Å²) < 4.78 is 5.79. The number of aryl methyl sites for hydroxylation is 1. The van der Waals surface area contributed by atoms with Crippen molar-refractivity contribution >= 4 is 5.57 Å². The zero-order valence-electron chi connectivity index (χ0n) is 9.69. The highest BCUT2D eigenvalue weighted by Crippen LogP contribution is 2.38. The fraction of sp³-hybridized carbons (Fsp3) is 0.538. The molecule has 1 aromatic rings. The second kappa shape index (κ2) is 3.01. The average molecular weight is 190 g/mol. The van der Waals surface area contributed by atoms with Crippen LogP contribution >= 0.6 is 0 Å². The number of rotatable bonds is 0. The van der Waals surface area contributed by atoms with E-state index in [9.17, 15) is 0 Å². The van der Waals surface area contributed by atoms with E-state index in [4.69, 9.17) is 4.42 Å². The fourth-order valence-corrected chi connectivity index (χ4v) is 2.33. The molecule has 1 aromatic heterocycles. The van der Waals surface area contributed by atoms with E-state index in [1.807, 2.05) is 0 Å². The van der Waals surface area contributed by atoms with Crippen molar-refractivity contribution in [2.24, 2.45) is 5.92 Å². The van der Waals surface area contributed by atoms with Crippen LogP contribution in [0.3, 0.4) is 0 Å². The lowest BCUT2D eigenvalue weighted by atomic mass is 9.83. The van der Waals surface area contributed by atoms with Gasteiger partial charge in [0.1, 0.15) is 11.5 Å². The zero-order valence-corrected chi connectivity index (χ0v) is 9.69. The molecule has 0 N–H and O–H groups in total. The lowest BCUT2D eigenvalue weighted by Crippen LogP contribution is -2.09. The van der Waals surface area contributed by atoms with Gasteiger partial charge >= 0.3 is 0 Å². The monoisotopic (exact) mass is 190 g/mol. The van der Waals surface area contributed by atoms with Crippen LogP contribution in [0.25, 0.3) is 5.57 Å². The van der Waals surface area contributed by atoms with Gasteiger partial charge in [0.05, 0.1) is 0 Å². The highest BCUT2D eigenvalue weighted by atomic mass is 16.3. The Morgan fingerprint density at radius 3 is 2.43 bits per heavy atom. The van der Waals surface area contributed by atoms with Crippen LogP contribution in [0.15, 0.2) is 9.99 Å². The Balaban J connectivity index is 2.66. The van der Waals surface area contributed by atoms with E-state index < -0.39 is 0 Å². The minimum atomic E-state index is 0.632. The Labute approximate surface area is 85.8 Å². The Hall–Kier alpha value is -0.980. The van der Waals surface area contributed by atoms with Crippen LogP contribution in [-0.4, -0.2) is 0 Å². The van der Waals surface area contributed by atoms with Crippen molar-refractivity contribution in [2.75, 3.05) is 0 Å². The van der Waals surface area contributed by atoms with Gasteiger partial charge in [0.15, 0.2) is 0 Å². The molecule has 2 rings (SSSR count). The van der Waals surface area contributed by atoms with Gasteiger partial charge in [-0.2, -0.15) is 0 Å². The maximum absolute atomic E-state index is 5.79. The summed E-state index contributed by atoms with van der Waals surface area (Å²) in [4.78, 5) is 0. The summed E-state index contributed by atoms with van der Waals surface area (Å²) in [5.41, 5.74) is 5.64. The highest BCUT2D eigenvalue weighted by Gasteiger charge is 2.25. The Morgan fingerprint density at radius 1 is 1.14 bits per heavy atom. The van der Waals surface area contributed by atoms with E-state index in [1.165, 1.54) is 28.0 Å². The normalized spacial score (nSPS) is 21.4. The molecule has 1 heteroatoms. The molecule has 14 heavy (non-hydrogen) atoms. The summed E-state index contributed by atoms with van der Waals surface area (Å²) in [5.74, 6) is 2.90. The smallest absolute Gasteiger partial charge is 0.112 e. The molecule has 0 saturated heterocycles. The molecule has 1 aliphatic carbocycles. The molecule has 0 saturated carbocycles. The van der Waals surface area contributed by atoms with Gasteiger partial charge in [-0.05, 0) is 44.7 Å². The second-order valence-corrected chi connectivity index (χ2v) is 4.49. The molecule has 1 nitrogen and oxygen atoms in total. The average Bonchev–Trinajstić information content (AvgIpc) is 2.39. The third-order valence-corrected chi connectivity index (χ3v) is 3.66. The van der Waals surface area contributed by atoms with Gasteiger partial charge in [-0.3, -0.25) is 0 Å². The quantitative estimate of drug-likeness (QED) is 0.605. The van der Waals surface area contributed by atoms with Crippen LogP contribution in [0.4, 0.5) is 0 Å². The molecular formula is C13H18O. The molecular weight excluding hydrogens is 172 g/mol. The molecule has 0 bridgehead atoms. The van der Waals surface area contributed by atoms with Gasteiger partial charge in [0.25, 0.3) is 0 Å². The summed E-state index contributed by atoms with van der Waals surface area (Å²) in [7, 11) is 0. The Bertz CT molecular complexity index is 407. The third-order valence-electron chi connectivity index (χ3n) is 3.66. The molecule has 1 aliphatic rings. The van der Waals surface area contributed by atoms with Crippen LogP contribution in [0.5, 0.6) is 0 Å². The first-order valence-corrected chi connectivity index (χ1v) is 5.29. The number of fused-ring (bicyclic) bond motifs is 1. The Morgan fingerprint density at radius 2 is 1.79 bits per heavy atom. The molecule has 76 valence electrons. The first-order valence-electron chi connectivity index (χ1n) is 5.29. The summed E-state index contributed by atoms with van der Waals surface area (Å²) in [6.45, 7) is 10.9. The van der Waals surface area contributed by atoms with Crippen molar-refractivity contribution in [3.63, 3.8) is 0 Å². The standard InChI is InChI=1S/C13H18O/c1-7-6-12-13(9(3)8(7)2)10(4)11(5)14-12/h7H,6H2,1-5H3. The van der Waals surface area contributed by atoms with E-state index in [0.717, 1.165) is 12.2 Å². The maximum Gasteiger partial charge on any atom is 0.112 e. The van der Waals surface area contributed by atoms with Crippen LogP contribution < -0.4 is 0 Å². The minimum absolute atomic E-state index is 0.632. The van der Waals surface area contributed by atoms with Gasteiger partial charge in [-0.15, -0.1) is 0 Å². The van der Waals surface area contributed by atoms with Gasteiger partial charge < -0.3 is 4.42 Å². The third kappa shape index (κ3) is 1.15. The first-order chi connectivity index (χ1) is 6.52. The topological polar surface area (TPSA) is 13.1 Å². The van der Waals surface area contributed by atoms with Crippen molar-refractivity contribution in [3.05, 3.63) is 28.2 Å². The molecule has 0 aromatic carbocycles. The summed E-state index contributed by atoms with van der Waals surface area (Å²) >= 11 is 0. The van der Waals surface area contributed by atoms with E-state index >= 15 is 0 Å². The predicted octanol–water partition coefficient (Wildman–Crippen LogP) is 3.88. The summed E-state index contributed by atoms with van der Waals surface area (Å²) in [5, 5.41) is 0. The van der Waals surface area contributed by atoms with E-state index in [-0.39, 0.29) is 0 Å². The van der Waals surface area contributed by atoms with Crippen LogP contribution in [0.1, 0.15) is 43.4 Å². The van der Waals surface area contributed by atoms with E-state index in [1.54, 1.807) is 0 Å². The van der Waals surface area contributed by atoms with Crippen molar-refractivity contribution in [3.8, 4) is 0 Å². The summed E-state index contributed by atoms with van der Waals surface area (Å²) in [6.07, 6.45) is 1.06. The minimum Gasteiger partial charge on any atom is -0.465 e. The SMILES string of the molecule is CC1=C(C)C(C)Cc2oc(C)c(C)c21. The Kier molecular flexibility index (Phi) is 2.06. The predicted molar refractivity (Wildman–Crippen MR) is 59.3 cm³/mol. The molecule has 1 atom stereocenters. The van der Waals surface area contributed by atoms with E-state index in [0.29, 0.717) is 5.92 Å². The van der Waals surface area contributed by atoms with Gasteiger partial charge in [0.2, 0.25) is 0 Å². The number of furan rings is 1. The summed E-state index contributed by atoms with van der Waals surface area (Å²) in [6, 6.07) is 0. The largest absolute Gasteiger partial charge is 0.465 e. The molecule has 0 amide bonds. The molecule has 1 unspecified atom stereocenters. The maximum atomic E-state index is 5.79. The van der Waals surface area contributed by atoms with Gasteiger partial charge in [-0.25, -0.2) is 0 Å². The van der Waals surface area contributed by atoms with Gasteiger partial charge in [-0.1, -0.05) is 12.5 Å². The lowest BCUT2D eigenvalue weighted by molar-refractivity contribution is 0.453. The second-order valence-electron chi connectivity index (χ2n) is 4.49. The molecule has 1 heterocycles. The van der Waals surface area contributed by atoms with Crippen molar-refractivity contribution < 1.29 is 4.42 Å². The van der Waals surface area contributed by atoms with Gasteiger partial charge in [0, 0.05) is 12.0 Å². The van der Waals surface area contributed by atoms with Crippen LogP contribution in [0, 0.1) is 19.8 Å². The number of hydrogen-bond donors (Lipinski definition) is 0. The molecule has 0 spiro atoms. The van der Waals surface area contributed by atoms with Crippen molar-refractivity contribution in [1.29, 1.82) is 0 Å². The molecule has 0 fully saturated rings. The number of allylic oxidation sites excluding steroid dienone is 2. The first kappa shape index (κ1) is 9.57. The van der Waals surface area contributed by atoms with E-state index in [2.05, 4.69) is 34.6 Å². The lowest BCUT2D eigenvalue weighted by Gasteiger charge is -2.21. The van der Waals surface area contributed by atoms with Crippen LogP contribution in [-0.2, 0) is 6.42 Å². The zero-order chi connectivity index (χ0) is 10.5. The highest BCUT2D eigenvalue weighted by molar-refractivity contribution is 5.73. The van der Waals surface area contributed by atoms with Crippen LogP contribution in [0.2, 0.25) is 0 Å².